The molecule has 7 aromatic carbocycles. The maximum absolute atomic E-state index is 6.31. The van der Waals surface area contributed by atoms with E-state index in [2.05, 4.69) is 210 Å². The molecule has 0 unspecified atom stereocenters. The lowest BCUT2D eigenvalue weighted by Crippen LogP contribution is -2.41. The van der Waals surface area contributed by atoms with Crippen molar-refractivity contribution in [3.63, 3.8) is 0 Å². The first-order chi connectivity index (χ1) is 36.6. The standard InChI is InChI=1S/C68H53BN4O2/c1-67(2)68(3,4)75-69(74-67)56-32-27-48(28-33-56)66-42-49(37-38-70-66)65-36-31-52(45-73-65)59-23-13-16-26-62(59)55-40-53(60-24-14-11-21-57(60)50-29-34-63(71-43-50)46-17-7-5-8-18-46)39-54(41-55)61-25-15-12-22-58(61)51-30-35-64(72-44-51)47-19-9-6-10-20-47/h5-45H,1-4H3. The van der Waals surface area contributed by atoms with Crippen LogP contribution in [0.25, 0.3) is 112 Å². The second kappa shape index (κ2) is 19.9. The molecule has 0 radical (unpaired) electrons. The largest absolute Gasteiger partial charge is 0.494 e. The van der Waals surface area contributed by atoms with Gasteiger partial charge in [-0.05, 0) is 132 Å². The van der Waals surface area contributed by atoms with Crippen molar-refractivity contribution in [1.29, 1.82) is 0 Å². The highest BCUT2D eigenvalue weighted by Crippen LogP contribution is 2.43. The predicted molar refractivity (Wildman–Crippen MR) is 308 cm³/mol. The smallest absolute Gasteiger partial charge is 0.399 e. The van der Waals surface area contributed by atoms with Gasteiger partial charge in [0.1, 0.15) is 0 Å². The Hall–Kier alpha value is -8.88. The minimum Gasteiger partial charge on any atom is -0.399 e. The molecule has 1 aliphatic rings. The van der Waals surface area contributed by atoms with E-state index < -0.39 is 18.3 Å². The maximum atomic E-state index is 6.31. The molecule has 6 nitrogen and oxygen atoms in total. The summed E-state index contributed by atoms with van der Waals surface area (Å²) in [6.07, 6.45) is 7.83. The van der Waals surface area contributed by atoms with E-state index >= 15 is 0 Å². The second-order valence-corrected chi connectivity index (χ2v) is 20.1. The lowest BCUT2D eigenvalue weighted by Gasteiger charge is -2.32. The first kappa shape index (κ1) is 47.1. The van der Waals surface area contributed by atoms with Crippen LogP contribution in [0, 0.1) is 0 Å². The molecule has 1 saturated heterocycles. The Kier molecular flexibility index (Phi) is 12.5. The Morgan fingerprint density at radius 2 is 0.613 bits per heavy atom. The number of pyridine rings is 4. The fourth-order valence-electron chi connectivity index (χ4n) is 9.98. The summed E-state index contributed by atoms with van der Waals surface area (Å²) in [5, 5.41) is 0. The van der Waals surface area contributed by atoms with Crippen molar-refractivity contribution >= 4 is 12.6 Å². The number of hydrogen-bond acceptors (Lipinski definition) is 6. The van der Waals surface area contributed by atoms with Gasteiger partial charge in [0.2, 0.25) is 0 Å². The van der Waals surface area contributed by atoms with Crippen molar-refractivity contribution in [3.05, 3.63) is 249 Å². The summed E-state index contributed by atoms with van der Waals surface area (Å²) < 4.78 is 12.6. The summed E-state index contributed by atoms with van der Waals surface area (Å²) in [6.45, 7) is 8.29. The third kappa shape index (κ3) is 9.52. The van der Waals surface area contributed by atoms with Crippen molar-refractivity contribution in [2.24, 2.45) is 0 Å². The number of benzene rings is 7. The third-order valence-corrected chi connectivity index (χ3v) is 14.8. The van der Waals surface area contributed by atoms with Crippen molar-refractivity contribution in [2.45, 2.75) is 38.9 Å². The number of hydrogen-bond donors (Lipinski definition) is 0. The Morgan fingerprint density at radius 1 is 0.280 bits per heavy atom. The lowest BCUT2D eigenvalue weighted by atomic mass is 9.79. The average molecular weight is 969 g/mol. The van der Waals surface area contributed by atoms with Crippen molar-refractivity contribution in [3.8, 4) is 112 Å². The molecule has 0 aliphatic carbocycles. The SMILES string of the molecule is CC1(C)OB(c2ccc(-c3cc(-c4ccc(-c5ccccc5-c5cc(-c6ccccc6-c6ccc(-c7ccccc7)nc6)cc(-c6ccccc6-c6ccc(-c7ccccc7)nc6)c5)cn4)ccn3)cc2)OC1(C)C. The highest BCUT2D eigenvalue weighted by atomic mass is 16.7. The summed E-state index contributed by atoms with van der Waals surface area (Å²) in [7, 11) is -0.422. The normalized spacial score (nSPS) is 13.7. The molecule has 1 aliphatic heterocycles. The van der Waals surface area contributed by atoms with E-state index in [1.807, 2.05) is 67.3 Å². The highest BCUT2D eigenvalue weighted by Gasteiger charge is 2.51. The zero-order valence-corrected chi connectivity index (χ0v) is 42.4. The van der Waals surface area contributed by atoms with Gasteiger partial charge < -0.3 is 9.31 Å². The van der Waals surface area contributed by atoms with E-state index in [1.165, 1.54) is 0 Å². The van der Waals surface area contributed by atoms with Gasteiger partial charge in [-0.3, -0.25) is 19.9 Å². The average Bonchev–Trinajstić information content (AvgIpc) is 3.71. The van der Waals surface area contributed by atoms with Gasteiger partial charge in [-0.1, -0.05) is 176 Å². The second-order valence-electron chi connectivity index (χ2n) is 20.1. The molecule has 4 aromatic heterocycles. The lowest BCUT2D eigenvalue weighted by molar-refractivity contribution is 0.00578. The summed E-state index contributed by atoms with van der Waals surface area (Å²) in [5.74, 6) is 0. The molecule has 11 aromatic rings. The highest BCUT2D eigenvalue weighted by molar-refractivity contribution is 6.62. The van der Waals surface area contributed by atoms with Gasteiger partial charge in [0.05, 0.1) is 34.0 Å². The van der Waals surface area contributed by atoms with Crippen LogP contribution < -0.4 is 5.46 Å². The Morgan fingerprint density at radius 3 is 0.987 bits per heavy atom. The molecule has 12 rings (SSSR count). The van der Waals surface area contributed by atoms with Crippen molar-refractivity contribution < 1.29 is 9.31 Å². The van der Waals surface area contributed by atoms with E-state index in [4.69, 9.17) is 29.2 Å². The first-order valence-electron chi connectivity index (χ1n) is 25.5. The van der Waals surface area contributed by atoms with E-state index in [9.17, 15) is 0 Å². The fourth-order valence-corrected chi connectivity index (χ4v) is 9.98. The van der Waals surface area contributed by atoms with Gasteiger partial charge in [-0.25, -0.2) is 0 Å². The van der Waals surface area contributed by atoms with Crippen LogP contribution in [0.5, 0.6) is 0 Å². The minimum atomic E-state index is -0.422. The molecule has 75 heavy (non-hydrogen) atoms. The molecule has 0 amide bonds. The molecule has 360 valence electrons. The molecule has 0 spiro atoms. The molecule has 7 heteroatoms. The van der Waals surface area contributed by atoms with Crippen LogP contribution in [0.2, 0.25) is 0 Å². The van der Waals surface area contributed by atoms with Gasteiger partial charge in [0, 0.05) is 63.7 Å². The van der Waals surface area contributed by atoms with Crippen LogP contribution in [0.3, 0.4) is 0 Å². The van der Waals surface area contributed by atoms with Crippen LogP contribution in [-0.2, 0) is 9.31 Å². The molecular formula is C68H53BN4O2. The summed E-state index contributed by atoms with van der Waals surface area (Å²) in [5.41, 5.74) is 21.0. The first-order valence-corrected chi connectivity index (χ1v) is 25.5. The zero-order valence-electron chi connectivity index (χ0n) is 42.4. The molecular weight excluding hydrogens is 916 g/mol. The van der Waals surface area contributed by atoms with Gasteiger partial charge in [-0.2, -0.15) is 0 Å². The van der Waals surface area contributed by atoms with Gasteiger partial charge >= 0.3 is 7.12 Å². The Labute approximate surface area is 439 Å². The number of aromatic nitrogens is 4. The van der Waals surface area contributed by atoms with Gasteiger partial charge in [0.25, 0.3) is 0 Å². The quantitative estimate of drug-likeness (QED) is 0.120. The predicted octanol–water partition coefficient (Wildman–Crippen LogP) is 16.2. The van der Waals surface area contributed by atoms with Crippen molar-refractivity contribution in [1.82, 2.24) is 19.9 Å². The van der Waals surface area contributed by atoms with Crippen LogP contribution in [0.15, 0.2) is 249 Å². The van der Waals surface area contributed by atoms with E-state index in [0.29, 0.717) is 0 Å². The van der Waals surface area contributed by atoms with Crippen LogP contribution in [0.1, 0.15) is 27.7 Å². The maximum Gasteiger partial charge on any atom is 0.494 e. The van der Waals surface area contributed by atoms with E-state index in [0.717, 1.165) is 117 Å². The molecule has 0 bridgehead atoms. The van der Waals surface area contributed by atoms with Crippen LogP contribution in [0.4, 0.5) is 0 Å². The van der Waals surface area contributed by atoms with Gasteiger partial charge in [-0.15, -0.1) is 0 Å². The Balaban J connectivity index is 0.911. The fraction of sp³-hybridized carbons (Fsp3) is 0.0882. The summed E-state index contributed by atoms with van der Waals surface area (Å²) >= 11 is 0. The van der Waals surface area contributed by atoms with E-state index in [1.54, 1.807) is 0 Å². The van der Waals surface area contributed by atoms with E-state index in [-0.39, 0.29) is 0 Å². The third-order valence-electron chi connectivity index (χ3n) is 14.8. The number of nitrogens with zero attached hydrogens (tertiary/aromatic N) is 4. The number of rotatable bonds is 11. The van der Waals surface area contributed by atoms with Crippen molar-refractivity contribution in [2.75, 3.05) is 0 Å². The van der Waals surface area contributed by atoms with Gasteiger partial charge in [0.15, 0.2) is 0 Å². The zero-order chi connectivity index (χ0) is 50.9. The monoisotopic (exact) mass is 968 g/mol. The topological polar surface area (TPSA) is 70.0 Å². The summed E-state index contributed by atoms with van der Waals surface area (Å²) in [6, 6.07) is 78.8. The molecule has 1 fully saturated rings. The van der Waals surface area contributed by atoms with Crippen LogP contribution >= 0.6 is 0 Å². The Bertz CT molecular complexity index is 3650. The molecule has 0 saturated carbocycles. The minimum absolute atomic E-state index is 0.406. The van der Waals surface area contributed by atoms with Crippen LogP contribution in [-0.4, -0.2) is 38.3 Å². The molecule has 0 atom stereocenters. The summed E-state index contributed by atoms with van der Waals surface area (Å²) in [4.78, 5) is 19.7. The molecule has 0 N–H and O–H groups in total. The molecule has 5 heterocycles.